The summed E-state index contributed by atoms with van der Waals surface area (Å²) in [6.07, 6.45) is 2.87. The fourth-order valence-electron chi connectivity index (χ4n) is 11.1. The molecule has 23 heteroatoms. The first-order valence-corrected chi connectivity index (χ1v) is 31.1. The Morgan fingerprint density at radius 1 is 0.442 bits per heavy atom. The number of hydrogen-bond donors (Lipinski definition) is 5. The minimum Gasteiger partial charge on any atom is -0.390 e. The third kappa shape index (κ3) is 20.5. The van der Waals surface area contributed by atoms with Crippen LogP contribution in [0.3, 0.4) is 0 Å². The molecule has 1 saturated heterocycles. The quantitative estimate of drug-likeness (QED) is 0.147. The molecule has 1 fully saturated rings. The van der Waals surface area contributed by atoms with Crippen molar-refractivity contribution in [1.82, 2.24) is 55.6 Å². The van der Waals surface area contributed by atoms with Gasteiger partial charge in [-0.05, 0) is 108 Å². The Bertz CT molecular complexity index is 2360. The van der Waals surface area contributed by atoms with E-state index in [0.717, 1.165) is 4.90 Å². The van der Waals surface area contributed by atoms with Crippen molar-refractivity contribution < 1.29 is 57.8 Å². The predicted octanol–water partition coefficient (Wildman–Crippen LogP) is 3.66. The van der Waals surface area contributed by atoms with Gasteiger partial charge in [-0.3, -0.25) is 52.7 Å². The van der Waals surface area contributed by atoms with Gasteiger partial charge in [0.1, 0.15) is 66.5 Å². The van der Waals surface area contributed by atoms with Gasteiger partial charge in [0.15, 0.2) is 0 Å². The average molecular weight is 1220 g/mol. The Labute approximate surface area is 515 Å². The summed E-state index contributed by atoms with van der Waals surface area (Å²) in [5, 5.41) is 23.2. The molecule has 23 nitrogen and oxygen atoms in total. The number of rotatable bonds is 15. The maximum atomic E-state index is 15.2. The zero-order valence-corrected chi connectivity index (χ0v) is 56.9. The Morgan fingerprint density at radius 2 is 0.872 bits per heavy atom. The number of nitrogens with one attached hydrogen (secondary N) is 4. The zero-order valence-electron chi connectivity index (χ0n) is 56.9. The van der Waals surface area contributed by atoms with Crippen molar-refractivity contribution in [3.05, 3.63) is 12.2 Å². The van der Waals surface area contributed by atoms with Gasteiger partial charge in [0, 0.05) is 48.8 Å². The Balaban J connectivity index is 4.39. The molecule has 0 aromatic rings. The Morgan fingerprint density at radius 3 is 1.31 bits per heavy atom. The zero-order chi connectivity index (χ0) is 66.8. The highest BCUT2D eigenvalue weighted by Crippen LogP contribution is 2.26. The number of carbonyl (C=O) groups is 11. The Hall–Kier alpha value is -6.13. The number of aliphatic hydroxyl groups excluding tert-OH is 1. The van der Waals surface area contributed by atoms with Crippen molar-refractivity contribution >= 4 is 65.0 Å². The SMILES string of the molecule is C/C=C/C[C@@H](C)[C@@H](O)[C@H]1C(=O)N[C@@H](CC)C(=O)N(C)[C@@H](C)C(=O)N(CC)[C@@H](C(C)C)C(=O)N[C@@H](C(C)C)C(=O)N(C)[C@@H](CC(C)C)C(=O)N[C@@H](C)C(=O)N[C@H](C)C(=O)N(C)[C@@H](CC(C)C)C(=O)N(C)[C@@H](CC(C)C)C(=O)N(C)[C@@H](C(C)C)C(=O)N1C. The molecule has 0 radical (unpaired) electrons. The van der Waals surface area contributed by atoms with Crippen LogP contribution in [0, 0.1) is 41.4 Å². The summed E-state index contributed by atoms with van der Waals surface area (Å²) in [6, 6.07) is -13.6. The molecule has 86 heavy (non-hydrogen) atoms. The summed E-state index contributed by atoms with van der Waals surface area (Å²) in [7, 11) is 8.53. The topological polar surface area (TPSA) is 279 Å². The lowest BCUT2D eigenvalue weighted by atomic mass is 9.91. The fraction of sp³-hybridized carbons (Fsp3) is 0.794. The van der Waals surface area contributed by atoms with Crippen LogP contribution in [0.4, 0.5) is 0 Å². The predicted molar refractivity (Wildman–Crippen MR) is 333 cm³/mol. The van der Waals surface area contributed by atoms with Crippen LogP contribution in [0.5, 0.6) is 0 Å². The molecule has 13 atom stereocenters. The van der Waals surface area contributed by atoms with Gasteiger partial charge in [0.25, 0.3) is 0 Å². The van der Waals surface area contributed by atoms with E-state index >= 15 is 9.59 Å². The van der Waals surface area contributed by atoms with E-state index in [2.05, 4.69) is 21.3 Å². The largest absolute Gasteiger partial charge is 0.390 e. The van der Waals surface area contributed by atoms with E-state index in [4.69, 9.17) is 0 Å². The average Bonchev–Trinajstić information content (AvgIpc) is 1.38. The molecular weight excluding hydrogens is 1100 g/mol. The normalized spacial score (nSPS) is 27.6. The second kappa shape index (κ2) is 35.0. The molecule has 492 valence electrons. The van der Waals surface area contributed by atoms with E-state index in [1.807, 2.05) is 47.6 Å². The van der Waals surface area contributed by atoms with Gasteiger partial charge in [-0.1, -0.05) is 109 Å². The lowest BCUT2D eigenvalue weighted by Crippen LogP contribution is -2.64. The summed E-state index contributed by atoms with van der Waals surface area (Å²) < 4.78 is 0. The first-order chi connectivity index (χ1) is 39.7. The molecule has 0 aromatic carbocycles. The summed E-state index contributed by atoms with van der Waals surface area (Å²) >= 11 is 0. The van der Waals surface area contributed by atoms with Crippen molar-refractivity contribution in [1.29, 1.82) is 0 Å². The first kappa shape index (κ1) is 77.9. The molecule has 0 spiro atoms. The molecule has 5 N–H and O–H groups in total. The molecule has 1 heterocycles. The van der Waals surface area contributed by atoms with Crippen LogP contribution in [0.2, 0.25) is 0 Å². The highest BCUT2D eigenvalue weighted by Gasteiger charge is 2.46. The number of aliphatic hydroxyl groups is 1. The number of allylic oxidation sites excluding steroid dienone is 2. The van der Waals surface area contributed by atoms with Crippen LogP contribution in [-0.2, 0) is 52.7 Å². The molecule has 0 bridgehead atoms. The van der Waals surface area contributed by atoms with Gasteiger partial charge in [0.05, 0.1) is 6.10 Å². The number of carbonyl (C=O) groups excluding carboxylic acids is 11. The van der Waals surface area contributed by atoms with Crippen LogP contribution in [-0.4, -0.2) is 226 Å². The van der Waals surface area contributed by atoms with E-state index < -0.39 is 161 Å². The maximum Gasteiger partial charge on any atom is 0.246 e. The van der Waals surface area contributed by atoms with Gasteiger partial charge in [-0.15, -0.1) is 0 Å². The maximum absolute atomic E-state index is 15.2. The van der Waals surface area contributed by atoms with Crippen molar-refractivity contribution in [2.45, 2.75) is 236 Å². The third-order valence-electron chi connectivity index (χ3n) is 16.6. The van der Waals surface area contributed by atoms with Crippen LogP contribution in [0.25, 0.3) is 0 Å². The van der Waals surface area contributed by atoms with Crippen molar-refractivity contribution in [3.63, 3.8) is 0 Å². The van der Waals surface area contributed by atoms with E-state index in [1.165, 1.54) is 92.5 Å². The summed E-state index contributed by atoms with van der Waals surface area (Å²) in [5.74, 6) is -10.1. The lowest BCUT2D eigenvalue weighted by molar-refractivity contribution is -0.157. The number of nitrogens with zero attached hydrogens (tertiary/aromatic N) is 7. The van der Waals surface area contributed by atoms with E-state index in [9.17, 15) is 48.3 Å². The second-order valence-corrected chi connectivity index (χ2v) is 26.2. The molecule has 0 unspecified atom stereocenters. The van der Waals surface area contributed by atoms with Crippen molar-refractivity contribution in [3.8, 4) is 0 Å². The summed E-state index contributed by atoms with van der Waals surface area (Å²) in [6.45, 7) is 32.8. The third-order valence-corrected chi connectivity index (χ3v) is 16.6. The van der Waals surface area contributed by atoms with Gasteiger partial charge in [-0.25, -0.2) is 0 Å². The van der Waals surface area contributed by atoms with Gasteiger partial charge < -0.3 is 60.7 Å². The van der Waals surface area contributed by atoms with Crippen LogP contribution >= 0.6 is 0 Å². The van der Waals surface area contributed by atoms with Gasteiger partial charge in [0.2, 0.25) is 65.0 Å². The second-order valence-electron chi connectivity index (χ2n) is 26.2. The smallest absolute Gasteiger partial charge is 0.246 e. The molecule has 0 saturated carbocycles. The molecule has 1 rings (SSSR count). The molecule has 1 aliphatic heterocycles. The fourth-order valence-corrected chi connectivity index (χ4v) is 11.1. The first-order valence-electron chi connectivity index (χ1n) is 31.1. The van der Waals surface area contributed by atoms with Crippen LogP contribution < -0.4 is 21.3 Å². The number of hydrogen-bond acceptors (Lipinski definition) is 12. The van der Waals surface area contributed by atoms with Crippen molar-refractivity contribution in [2.75, 3.05) is 48.8 Å². The number of likely N-dealkylation sites (N-methyl/N-ethyl adjacent to an activating group) is 7. The summed E-state index contributed by atoms with van der Waals surface area (Å²) in [5.41, 5.74) is 0. The van der Waals surface area contributed by atoms with Crippen molar-refractivity contribution in [2.24, 2.45) is 41.4 Å². The molecular formula is C63H113N11O12. The molecule has 11 amide bonds. The standard InChI is InChI=1S/C63H113N11O12/c1-26-29-30-40(16)52(75)51-56(79)66-44(27-2)59(82)68(20)43(19)58(81)74(28-3)49(38(12)13)55(78)67-48(37(10)11)62(85)69(21)45(31-34(4)5)54(77)64-41(17)53(76)65-42(18)57(80)70(22)46(32-35(6)7)60(83)71(23)47(33-36(8)9)61(84)72(24)50(39(14)15)63(86)73(51)25/h26,29,34-52,75H,27-28,30-33H2,1-25H3,(H,64,77)(H,65,76)(H,66,79)(H,67,78)/b29-26+/t40-,41+,42-,43+,44+,45+,46+,47+,48+,49+,50+,51+,52-/m1/s1. The van der Waals surface area contributed by atoms with E-state index in [0.29, 0.717) is 6.42 Å². The minimum atomic E-state index is -1.62. The molecule has 0 aromatic heterocycles. The monoisotopic (exact) mass is 1220 g/mol. The van der Waals surface area contributed by atoms with Crippen LogP contribution in [0.1, 0.15) is 164 Å². The highest BCUT2D eigenvalue weighted by atomic mass is 16.3. The molecule has 1 aliphatic rings. The molecule has 0 aliphatic carbocycles. The van der Waals surface area contributed by atoms with Gasteiger partial charge >= 0.3 is 0 Å². The highest BCUT2D eigenvalue weighted by molar-refractivity contribution is 6.00. The lowest BCUT2D eigenvalue weighted by Gasteiger charge is -2.41. The van der Waals surface area contributed by atoms with Crippen LogP contribution in [0.15, 0.2) is 12.2 Å². The summed E-state index contributed by atoms with van der Waals surface area (Å²) in [4.78, 5) is 170. The minimum absolute atomic E-state index is 0.0109. The number of amides is 11. The Kier molecular flexibility index (Phi) is 31.7. The van der Waals surface area contributed by atoms with Gasteiger partial charge in [-0.2, -0.15) is 0 Å². The van der Waals surface area contributed by atoms with E-state index in [1.54, 1.807) is 75.3 Å². The van der Waals surface area contributed by atoms with E-state index in [-0.39, 0.29) is 50.0 Å².